The van der Waals surface area contributed by atoms with Crippen LogP contribution in [0.5, 0.6) is 0 Å². The van der Waals surface area contributed by atoms with Gasteiger partial charge in [-0.3, -0.25) is 0 Å². The lowest BCUT2D eigenvalue weighted by Crippen LogP contribution is -2.32. The van der Waals surface area contributed by atoms with Crippen molar-refractivity contribution in [1.82, 2.24) is 4.90 Å². The SMILES string of the molecule is CC(=O)CC1CCCN(C)C1. The van der Waals surface area contributed by atoms with E-state index < -0.39 is 0 Å². The number of Topliss-reactive ketones (excluding diaryl/α,β-unsaturated/α-hetero) is 1. The molecule has 1 heterocycles. The maximum Gasteiger partial charge on any atom is 0.130 e. The normalized spacial score (nSPS) is 26.9. The number of hydrogen-bond donors (Lipinski definition) is 0. The molecule has 64 valence electrons. The van der Waals surface area contributed by atoms with E-state index in [9.17, 15) is 4.79 Å². The molecule has 0 amide bonds. The van der Waals surface area contributed by atoms with E-state index in [0.717, 1.165) is 13.0 Å². The van der Waals surface area contributed by atoms with E-state index in [4.69, 9.17) is 0 Å². The van der Waals surface area contributed by atoms with Crippen LogP contribution >= 0.6 is 0 Å². The molecule has 1 fully saturated rings. The zero-order valence-corrected chi connectivity index (χ0v) is 7.47. The van der Waals surface area contributed by atoms with Crippen molar-refractivity contribution in [2.24, 2.45) is 5.92 Å². The second-order valence-electron chi connectivity index (χ2n) is 3.68. The summed E-state index contributed by atoms with van der Waals surface area (Å²) in [4.78, 5) is 13.1. The average molecular weight is 155 g/mol. The third-order valence-electron chi connectivity index (χ3n) is 2.30. The summed E-state index contributed by atoms with van der Waals surface area (Å²) in [7, 11) is 2.13. The molecule has 0 aromatic heterocycles. The fraction of sp³-hybridized carbons (Fsp3) is 0.889. The molecule has 0 aromatic carbocycles. The quantitative estimate of drug-likeness (QED) is 0.599. The van der Waals surface area contributed by atoms with Gasteiger partial charge in [0.2, 0.25) is 0 Å². The minimum atomic E-state index is 0.338. The molecule has 0 aliphatic carbocycles. The van der Waals surface area contributed by atoms with Gasteiger partial charge in [-0.2, -0.15) is 0 Å². The van der Waals surface area contributed by atoms with Crippen molar-refractivity contribution in [3.8, 4) is 0 Å². The van der Waals surface area contributed by atoms with E-state index in [1.807, 2.05) is 0 Å². The fourth-order valence-electron chi connectivity index (χ4n) is 1.85. The Kier molecular flexibility index (Phi) is 3.06. The maximum absolute atomic E-state index is 10.8. The van der Waals surface area contributed by atoms with Crippen LogP contribution in [-0.4, -0.2) is 30.8 Å². The van der Waals surface area contributed by atoms with Crippen LogP contribution in [0.4, 0.5) is 0 Å². The summed E-state index contributed by atoms with van der Waals surface area (Å²) in [5, 5.41) is 0. The molecule has 0 saturated carbocycles. The minimum absolute atomic E-state index is 0.338. The lowest BCUT2D eigenvalue weighted by atomic mass is 9.94. The highest BCUT2D eigenvalue weighted by atomic mass is 16.1. The summed E-state index contributed by atoms with van der Waals surface area (Å²) in [6.45, 7) is 4.00. The lowest BCUT2D eigenvalue weighted by Gasteiger charge is -2.28. The zero-order valence-electron chi connectivity index (χ0n) is 7.47. The number of likely N-dealkylation sites (tertiary alicyclic amines) is 1. The van der Waals surface area contributed by atoms with Gasteiger partial charge in [0.05, 0.1) is 0 Å². The van der Waals surface area contributed by atoms with Crippen molar-refractivity contribution in [3.05, 3.63) is 0 Å². The van der Waals surface area contributed by atoms with Crippen LogP contribution in [-0.2, 0) is 4.79 Å². The van der Waals surface area contributed by atoms with Gasteiger partial charge in [0, 0.05) is 13.0 Å². The monoisotopic (exact) mass is 155 g/mol. The molecule has 0 N–H and O–H groups in total. The molecule has 0 spiro atoms. The van der Waals surface area contributed by atoms with E-state index in [1.165, 1.54) is 19.4 Å². The van der Waals surface area contributed by atoms with Crippen molar-refractivity contribution >= 4 is 5.78 Å². The molecule has 0 aromatic rings. The average Bonchev–Trinajstić information content (AvgIpc) is 1.85. The molecule has 1 rings (SSSR count). The molecule has 11 heavy (non-hydrogen) atoms. The Balaban J connectivity index is 2.28. The standard InChI is InChI=1S/C9H17NO/c1-8(11)6-9-4-3-5-10(2)7-9/h9H,3-7H2,1-2H3. The topological polar surface area (TPSA) is 20.3 Å². The van der Waals surface area contributed by atoms with Gasteiger partial charge in [-0.1, -0.05) is 0 Å². The van der Waals surface area contributed by atoms with Crippen LogP contribution in [0.3, 0.4) is 0 Å². The molecule has 0 bridgehead atoms. The van der Waals surface area contributed by atoms with Crippen LogP contribution in [0.1, 0.15) is 26.2 Å². The first-order valence-electron chi connectivity index (χ1n) is 4.36. The molecular weight excluding hydrogens is 138 g/mol. The summed E-state index contributed by atoms with van der Waals surface area (Å²) in [5.74, 6) is 0.969. The predicted molar refractivity (Wildman–Crippen MR) is 45.5 cm³/mol. The fourth-order valence-corrected chi connectivity index (χ4v) is 1.85. The highest BCUT2D eigenvalue weighted by Crippen LogP contribution is 2.18. The maximum atomic E-state index is 10.8. The second-order valence-corrected chi connectivity index (χ2v) is 3.68. The number of carbonyl (C=O) groups excluding carboxylic acids is 1. The van der Waals surface area contributed by atoms with Crippen LogP contribution in [0.15, 0.2) is 0 Å². The number of ketones is 1. The molecule has 1 aliphatic rings. The number of piperidine rings is 1. The Hall–Kier alpha value is -0.370. The van der Waals surface area contributed by atoms with Crippen molar-refractivity contribution < 1.29 is 4.79 Å². The third-order valence-corrected chi connectivity index (χ3v) is 2.30. The van der Waals surface area contributed by atoms with Crippen LogP contribution < -0.4 is 0 Å². The molecule has 0 radical (unpaired) electrons. The molecule has 2 heteroatoms. The van der Waals surface area contributed by atoms with E-state index in [1.54, 1.807) is 6.92 Å². The highest BCUT2D eigenvalue weighted by molar-refractivity contribution is 5.75. The Bertz CT molecular complexity index is 144. The molecule has 2 nitrogen and oxygen atoms in total. The van der Waals surface area contributed by atoms with Crippen molar-refractivity contribution in [3.63, 3.8) is 0 Å². The van der Waals surface area contributed by atoms with Gasteiger partial charge in [-0.25, -0.2) is 0 Å². The van der Waals surface area contributed by atoms with E-state index in [2.05, 4.69) is 11.9 Å². The predicted octanol–water partition coefficient (Wildman–Crippen LogP) is 1.31. The van der Waals surface area contributed by atoms with E-state index in [-0.39, 0.29) is 0 Å². The van der Waals surface area contributed by atoms with Crippen molar-refractivity contribution in [2.75, 3.05) is 20.1 Å². The third kappa shape index (κ3) is 3.02. The lowest BCUT2D eigenvalue weighted by molar-refractivity contribution is -0.118. The summed E-state index contributed by atoms with van der Waals surface area (Å²) in [6, 6.07) is 0. The second kappa shape index (κ2) is 3.86. The van der Waals surface area contributed by atoms with E-state index >= 15 is 0 Å². The Morgan fingerprint density at radius 1 is 1.64 bits per heavy atom. The van der Waals surface area contributed by atoms with Gasteiger partial charge in [0.25, 0.3) is 0 Å². The van der Waals surface area contributed by atoms with Gasteiger partial charge in [0.1, 0.15) is 5.78 Å². The first kappa shape index (κ1) is 8.72. The van der Waals surface area contributed by atoms with Gasteiger partial charge in [-0.05, 0) is 39.3 Å². The zero-order chi connectivity index (χ0) is 8.27. The largest absolute Gasteiger partial charge is 0.306 e. The molecular formula is C9H17NO. The van der Waals surface area contributed by atoms with Crippen molar-refractivity contribution in [2.45, 2.75) is 26.2 Å². The summed E-state index contributed by atoms with van der Waals surface area (Å²) < 4.78 is 0. The summed E-state index contributed by atoms with van der Waals surface area (Å²) in [5.41, 5.74) is 0. The van der Waals surface area contributed by atoms with Gasteiger partial charge < -0.3 is 9.69 Å². The molecule has 1 saturated heterocycles. The molecule has 1 aliphatic heterocycles. The summed E-state index contributed by atoms with van der Waals surface area (Å²) in [6.07, 6.45) is 3.28. The Labute approximate surface area is 68.6 Å². The number of carbonyl (C=O) groups is 1. The first-order valence-corrected chi connectivity index (χ1v) is 4.36. The van der Waals surface area contributed by atoms with Gasteiger partial charge in [0.15, 0.2) is 0 Å². The van der Waals surface area contributed by atoms with Gasteiger partial charge in [-0.15, -0.1) is 0 Å². The molecule has 1 unspecified atom stereocenters. The highest BCUT2D eigenvalue weighted by Gasteiger charge is 2.17. The number of rotatable bonds is 2. The van der Waals surface area contributed by atoms with Gasteiger partial charge >= 0.3 is 0 Å². The molecule has 1 atom stereocenters. The van der Waals surface area contributed by atoms with Crippen LogP contribution in [0.25, 0.3) is 0 Å². The smallest absolute Gasteiger partial charge is 0.130 e. The number of nitrogens with zero attached hydrogens (tertiary/aromatic N) is 1. The first-order chi connectivity index (χ1) is 5.18. The minimum Gasteiger partial charge on any atom is -0.306 e. The Morgan fingerprint density at radius 3 is 2.91 bits per heavy atom. The number of hydrogen-bond acceptors (Lipinski definition) is 2. The van der Waals surface area contributed by atoms with E-state index in [0.29, 0.717) is 11.7 Å². The Morgan fingerprint density at radius 2 is 2.36 bits per heavy atom. The summed E-state index contributed by atoms with van der Waals surface area (Å²) >= 11 is 0. The van der Waals surface area contributed by atoms with Crippen molar-refractivity contribution in [1.29, 1.82) is 0 Å². The van der Waals surface area contributed by atoms with Crippen LogP contribution in [0, 0.1) is 5.92 Å². The van der Waals surface area contributed by atoms with Crippen LogP contribution in [0.2, 0.25) is 0 Å².